The van der Waals surface area contributed by atoms with Crippen LogP contribution in [0.4, 0.5) is 0 Å². The molecule has 1 aromatic rings. The Kier molecular flexibility index (Phi) is 7.35. The van der Waals surface area contributed by atoms with Crippen LogP contribution in [0.1, 0.15) is 25.1 Å². The van der Waals surface area contributed by atoms with Gasteiger partial charge >= 0.3 is 0 Å². The zero-order valence-electron chi connectivity index (χ0n) is 11.0. The predicted molar refractivity (Wildman–Crippen MR) is 81.0 cm³/mol. The smallest absolute Gasteiger partial charge is 0.0701 e. The van der Waals surface area contributed by atoms with Gasteiger partial charge in [-0.25, -0.2) is 0 Å². The molecule has 98 valence electrons. The number of likely N-dealkylation sites (N-methyl/N-ethyl adjacent to an activating group) is 1. The van der Waals surface area contributed by atoms with Gasteiger partial charge in [-0.1, -0.05) is 13.8 Å². The minimum absolute atomic E-state index is 0.584. The normalized spacial score (nSPS) is 13.2. The van der Waals surface area contributed by atoms with E-state index in [4.69, 9.17) is 0 Å². The summed E-state index contributed by atoms with van der Waals surface area (Å²) in [4.78, 5) is 3.94. The molecule has 0 aromatic carbocycles. The van der Waals surface area contributed by atoms with E-state index in [1.54, 1.807) is 0 Å². The first-order chi connectivity index (χ1) is 8.19. The van der Waals surface area contributed by atoms with Crippen LogP contribution in [0.25, 0.3) is 0 Å². The Morgan fingerprint density at radius 2 is 2.06 bits per heavy atom. The van der Waals surface area contributed by atoms with Gasteiger partial charge in [0.1, 0.15) is 0 Å². The van der Waals surface area contributed by atoms with Crippen LogP contribution in [-0.4, -0.2) is 37.6 Å². The van der Waals surface area contributed by atoms with Crippen LogP contribution in [0.3, 0.4) is 0 Å². The molecule has 0 bridgehead atoms. The Labute approximate surface area is 118 Å². The highest BCUT2D eigenvalue weighted by Gasteiger charge is 2.10. The third-order valence-electron chi connectivity index (χ3n) is 3.17. The monoisotopic (exact) mass is 318 g/mol. The summed E-state index contributed by atoms with van der Waals surface area (Å²) >= 11 is 5.36. The molecule has 4 heteroatoms. The Morgan fingerprint density at radius 1 is 1.35 bits per heavy atom. The lowest BCUT2D eigenvalue weighted by Crippen LogP contribution is -2.33. The van der Waals surface area contributed by atoms with Crippen molar-refractivity contribution in [3.63, 3.8) is 0 Å². The van der Waals surface area contributed by atoms with Crippen molar-refractivity contribution in [3.8, 4) is 0 Å². The van der Waals surface area contributed by atoms with Gasteiger partial charge in [-0.15, -0.1) is 11.3 Å². The van der Waals surface area contributed by atoms with Gasteiger partial charge in [0.2, 0.25) is 0 Å². The highest BCUT2D eigenvalue weighted by molar-refractivity contribution is 9.11. The van der Waals surface area contributed by atoms with E-state index in [0.717, 1.165) is 19.5 Å². The number of hydrogen-bond acceptors (Lipinski definition) is 3. The fourth-order valence-electron chi connectivity index (χ4n) is 1.93. The van der Waals surface area contributed by atoms with E-state index >= 15 is 0 Å². The molecule has 0 aliphatic rings. The lowest BCUT2D eigenvalue weighted by atomic mass is 10.1. The van der Waals surface area contributed by atoms with Crippen LogP contribution in [-0.2, 0) is 6.42 Å². The van der Waals surface area contributed by atoms with E-state index in [0.29, 0.717) is 6.04 Å². The van der Waals surface area contributed by atoms with Gasteiger partial charge < -0.3 is 10.2 Å². The summed E-state index contributed by atoms with van der Waals surface area (Å²) < 4.78 is 1.23. The number of nitrogens with one attached hydrogen (secondary N) is 1. The Bertz CT molecular complexity index is 310. The summed E-state index contributed by atoms with van der Waals surface area (Å²) in [6, 6.07) is 4.94. The van der Waals surface area contributed by atoms with Crippen molar-refractivity contribution >= 4 is 27.3 Å². The SMILES string of the molecule is CCN(CC)CCC(Cc1ccc(Br)s1)NC. The van der Waals surface area contributed by atoms with Gasteiger partial charge in [0.25, 0.3) is 0 Å². The molecule has 0 radical (unpaired) electrons. The lowest BCUT2D eigenvalue weighted by Gasteiger charge is -2.22. The van der Waals surface area contributed by atoms with E-state index in [9.17, 15) is 0 Å². The molecule has 0 spiro atoms. The van der Waals surface area contributed by atoms with Crippen LogP contribution >= 0.6 is 27.3 Å². The van der Waals surface area contributed by atoms with E-state index in [1.165, 1.54) is 21.6 Å². The van der Waals surface area contributed by atoms with Gasteiger partial charge in [0, 0.05) is 10.9 Å². The third kappa shape index (κ3) is 5.51. The number of hydrogen-bond donors (Lipinski definition) is 1. The predicted octanol–water partition coefficient (Wildman–Crippen LogP) is 3.37. The van der Waals surface area contributed by atoms with E-state index in [2.05, 4.69) is 59.2 Å². The van der Waals surface area contributed by atoms with E-state index < -0.39 is 0 Å². The molecule has 2 nitrogen and oxygen atoms in total. The average molecular weight is 319 g/mol. The highest BCUT2D eigenvalue weighted by Crippen LogP contribution is 2.23. The molecule has 0 aliphatic heterocycles. The van der Waals surface area contributed by atoms with E-state index in [1.807, 2.05) is 11.3 Å². The quantitative estimate of drug-likeness (QED) is 0.790. The number of nitrogens with zero attached hydrogens (tertiary/aromatic N) is 1. The molecule has 17 heavy (non-hydrogen) atoms. The van der Waals surface area contributed by atoms with Gasteiger partial charge in [-0.2, -0.15) is 0 Å². The standard InChI is InChI=1S/C13H23BrN2S/c1-4-16(5-2)9-8-11(15-3)10-12-6-7-13(14)17-12/h6-7,11,15H,4-5,8-10H2,1-3H3. The van der Waals surface area contributed by atoms with Crippen molar-refractivity contribution in [2.75, 3.05) is 26.7 Å². The molecule has 1 unspecified atom stereocenters. The van der Waals surface area contributed by atoms with Gasteiger partial charge in [-0.05, 0) is 67.6 Å². The lowest BCUT2D eigenvalue weighted by molar-refractivity contribution is 0.283. The third-order valence-corrected chi connectivity index (χ3v) is 4.82. The number of halogens is 1. The molecule has 1 aromatic heterocycles. The molecular weight excluding hydrogens is 296 g/mol. The molecule has 0 saturated carbocycles. The second kappa shape index (κ2) is 8.25. The maximum absolute atomic E-state index is 3.52. The summed E-state index contributed by atoms with van der Waals surface area (Å²) in [5.41, 5.74) is 0. The van der Waals surface area contributed by atoms with Crippen LogP contribution in [0.2, 0.25) is 0 Å². The topological polar surface area (TPSA) is 15.3 Å². The van der Waals surface area contributed by atoms with E-state index in [-0.39, 0.29) is 0 Å². The average Bonchev–Trinajstić information content (AvgIpc) is 2.74. The molecule has 0 aliphatic carbocycles. The molecule has 1 heterocycles. The summed E-state index contributed by atoms with van der Waals surface area (Å²) in [7, 11) is 2.07. The maximum Gasteiger partial charge on any atom is 0.0701 e. The molecule has 1 rings (SSSR count). The zero-order chi connectivity index (χ0) is 12.7. The van der Waals surface area contributed by atoms with Crippen LogP contribution in [0.15, 0.2) is 15.9 Å². The molecule has 1 N–H and O–H groups in total. The fraction of sp³-hybridized carbons (Fsp3) is 0.692. The Balaban J connectivity index is 2.38. The first-order valence-corrected chi connectivity index (χ1v) is 7.94. The Morgan fingerprint density at radius 3 is 2.53 bits per heavy atom. The molecule has 0 saturated heterocycles. The number of rotatable bonds is 8. The van der Waals surface area contributed by atoms with Gasteiger partial charge in [0.15, 0.2) is 0 Å². The summed E-state index contributed by atoms with van der Waals surface area (Å²) in [5.74, 6) is 0. The van der Waals surface area contributed by atoms with Crippen LogP contribution in [0.5, 0.6) is 0 Å². The minimum atomic E-state index is 0.584. The molecule has 0 fully saturated rings. The maximum atomic E-state index is 3.52. The van der Waals surface area contributed by atoms with Crippen molar-refractivity contribution in [2.24, 2.45) is 0 Å². The molecule has 0 amide bonds. The second-order valence-electron chi connectivity index (χ2n) is 4.21. The largest absolute Gasteiger partial charge is 0.317 e. The minimum Gasteiger partial charge on any atom is -0.317 e. The van der Waals surface area contributed by atoms with Crippen LogP contribution in [0, 0.1) is 0 Å². The van der Waals surface area contributed by atoms with Crippen LogP contribution < -0.4 is 5.32 Å². The van der Waals surface area contributed by atoms with Crippen molar-refractivity contribution < 1.29 is 0 Å². The molecule has 1 atom stereocenters. The summed E-state index contributed by atoms with van der Waals surface area (Å²) in [6.07, 6.45) is 2.35. The summed E-state index contributed by atoms with van der Waals surface area (Å²) in [6.45, 7) is 7.95. The number of thiophene rings is 1. The van der Waals surface area contributed by atoms with Crippen molar-refractivity contribution in [1.29, 1.82) is 0 Å². The van der Waals surface area contributed by atoms with Gasteiger partial charge in [-0.3, -0.25) is 0 Å². The summed E-state index contributed by atoms with van der Waals surface area (Å²) in [5, 5.41) is 3.43. The second-order valence-corrected chi connectivity index (χ2v) is 6.76. The first-order valence-electron chi connectivity index (χ1n) is 6.33. The Hall–Kier alpha value is 0.1000. The van der Waals surface area contributed by atoms with Crippen molar-refractivity contribution in [1.82, 2.24) is 10.2 Å². The zero-order valence-corrected chi connectivity index (χ0v) is 13.4. The van der Waals surface area contributed by atoms with Crippen molar-refractivity contribution in [2.45, 2.75) is 32.7 Å². The fourth-order valence-corrected chi connectivity index (χ4v) is 3.49. The first kappa shape index (κ1) is 15.2. The van der Waals surface area contributed by atoms with Gasteiger partial charge in [0.05, 0.1) is 3.79 Å². The highest BCUT2D eigenvalue weighted by atomic mass is 79.9. The van der Waals surface area contributed by atoms with Crippen molar-refractivity contribution in [3.05, 3.63) is 20.8 Å². The molecular formula is C13H23BrN2S.